The third-order valence-corrected chi connectivity index (χ3v) is 4.53. The molecular formula is C15H17ClN2O2S. The van der Waals surface area contributed by atoms with Gasteiger partial charge in [-0.05, 0) is 36.2 Å². The number of hydrogen-bond acceptors (Lipinski definition) is 4. The summed E-state index contributed by atoms with van der Waals surface area (Å²) in [5.41, 5.74) is 1.14. The van der Waals surface area contributed by atoms with Gasteiger partial charge in [0.1, 0.15) is 10.7 Å². The predicted molar refractivity (Wildman–Crippen MR) is 85.8 cm³/mol. The Balaban J connectivity index is 2.14. The zero-order chi connectivity index (χ0) is 15.5. The molecule has 21 heavy (non-hydrogen) atoms. The van der Waals surface area contributed by atoms with Crippen LogP contribution in [0.1, 0.15) is 5.56 Å². The van der Waals surface area contributed by atoms with Gasteiger partial charge in [0.15, 0.2) is 9.84 Å². The SMILES string of the molecule is CN(CCc1ccc(Cl)cc1)c1ncccc1S(C)(=O)=O. The molecule has 0 atom stereocenters. The summed E-state index contributed by atoms with van der Waals surface area (Å²) in [6, 6.07) is 10.8. The van der Waals surface area contributed by atoms with E-state index in [1.165, 1.54) is 6.26 Å². The van der Waals surface area contributed by atoms with Gasteiger partial charge in [-0.25, -0.2) is 13.4 Å². The fraction of sp³-hybridized carbons (Fsp3) is 0.267. The van der Waals surface area contributed by atoms with Crippen LogP contribution in [0.25, 0.3) is 0 Å². The molecule has 0 amide bonds. The van der Waals surface area contributed by atoms with Gasteiger partial charge in [0.25, 0.3) is 0 Å². The number of hydrogen-bond donors (Lipinski definition) is 0. The molecule has 6 heteroatoms. The number of aromatic nitrogens is 1. The van der Waals surface area contributed by atoms with E-state index in [4.69, 9.17) is 11.6 Å². The minimum absolute atomic E-state index is 0.253. The lowest BCUT2D eigenvalue weighted by Gasteiger charge is -2.20. The van der Waals surface area contributed by atoms with Crippen molar-refractivity contribution in [3.05, 3.63) is 53.2 Å². The first-order valence-electron chi connectivity index (χ1n) is 6.48. The summed E-state index contributed by atoms with van der Waals surface area (Å²) >= 11 is 5.85. The Morgan fingerprint density at radius 1 is 1.19 bits per heavy atom. The highest BCUT2D eigenvalue weighted by Gasteiger charge is 2.16. The Morgan fingerprint density at radius 2 is 1.86 bits per heavy atom. The van der Waals surface area contributed by atoms with Crippen molar-refractivity contribution in [3.8, 4) is 0 Å². The lowest BCUT2D eigenvalue weighted by molar-refractivity contribution is 0.601. The fourth-order valence-corrected chi connectivity index (χ4v) is 3.00. The molecule has 0 fully saturated rings. The summed E-state index contributed by atoms with van der Waals surface area (Å²) in [5, 5.41) is 0.705. The largest absolute Gasteiger partial charge is 0.358 e. The highest BCUT2D eigenvalue weighted by Crippen LogP contribution is 2.21. The van der Waals surface area contributed by atoms with Crippen molar-refractivity contribution in [2.75, 3.05) is 24.7 Å². The molecule has 2 rings (SSSR count). The van der Waals surface area contributed by atoms with Crippen LogP contribution in [0.2, 0.25) is 5.02 Å². The van der Waals surface area contributed by atoms with E-state index in [1.54, 1.807) is 18.3 Å². The molecule has 0 saturated carbocycles. The van der Waals surface area contributed by atoms with Crippen molar-refractivity contribution in [1.29, 1.82) is 0 Å². The summed E-state index contributed by atoms with van der Waals surface area (Å²) in [4.78, 5) is 6.30. The molecule has 0 saturated heterocycles. The van der Waals surface area contributed by atoms with Crippen LogP contribution in [0.3, 0.4) is 0 Å². The zero-order valence-corrected chi connectivity index (χ0v) is 13.5. The van der Waals surface area contributed by atoms with Crippen LogP contribution < -0.4 is 4.90 Å². The second-order valence-corrected chi connectivity index (χ2v) is 7.32. The number of anilines is 1. The van der Waals surface area contributed by atoms with Crippen LogP contribution in [0.4, 0.5) is 5.82 Å². The third-order valence-electron chi connectivity index (χ3n) is 3.16. The minimum atomic E-state index is -3.29. The van der Waals surface area contributed by atoms with Crippen molar-refractivity contribution >= 4 is 27.3 Å². The van der Waals surface area contributed by atoms with Crippen molar-refractivity contribution in [1.82, 2.24) is 4.98 Å². The molecule has 0 aliphatic rings. The molecule has 1 aromatic heterocycles. The van der Waals surface area contributed by atoms with Gasteiger partial charge < -0.3 is 4.90 Å². The molecule has 0 radical (unpaired) electrons. The summed E-state index contributed by atoms with van der Waals surface area (Å²) in [6.45, 7) is 0.668. The van der Waals surface area contributed by atoms with E-state index in [-0.39, 0.29) is 4.90 Å². The van der Waals surface area contributed by atoms with E-state index in [0.29, 0.717) is 17.4 Å². The van der Waals surface area contributed by atoms with Crippen LogP contribution in [0.5, 0.6) is 0 Å². The maximum atomic E-state index is 11.8. The molecule has 0 unspecified atom stereocenters. The Morgan fingerprint density at radius 3 is 2.48 bits per heavy atom. The maximum absolute atomic E-state index is 11.8. The van der Waals surface area contributed by atoms with Gasteiger partial charge in [0, 0.05) is 31.1 Å². The molecule has 0 aliphatic heterocycles. The van der Waals surface area contributed by atoms with Crippen molar-refractivity contribution < 1.29 is 8.42 Å². The average Bonchev–Trinajstić information content (AvgIpc) is 2.45. The summed E-state index contributed by atoms with van der Waals surface area (Å²) in [7, 11) is -1.45. The van der Waals surface area contributed by atoms with Crippen LogP contribution in [0, 0.1) is 0 Å². The molecule has 4 nitrogen and oxygen atoms in total. The van der Waals surface area contributed by atoms with Crippen molar-refractivity contribution in [2.45, 2.75) is 11.3 Å². The van der Waals surface area contributed by atoms with Crippen LogP contribution >= 0.6 is 11.6 Å². The fourth-order valence-electron chi connectivity index (χ4n) is 2.01. The molecule has 1 aromatic carbocycles. The van der Waals surface area contributed by atoms with E-state index >= 15 is 0 Å². The number of sulfone groups is 1. The number of likely N-dealkylation sites (N-methyl/N-ethyl adjacent to an activating group) is 1. The van der Waals surface area contributed by atoms with Crippen LogP contribution in [-0.2, 0) is 16.3 Å². The second-order valence-electron chi connectivity index (χ2n) is 4.90. The summed E-state index contributed by atoms with van der Waals surface area (Å²) in [5.74, 6) is 0.481. The van der Waals surface area contributed by atoms with Gasteiger partial charge in [-0.15, -0.1) is 0 Å². The lowest BCUT2D eigenvalue weighted by Crippen LogP contribution is -2.23. The van der Waals surface area contributed by atoms with Gasteiger partial charge in [-0.3, -0.25) is 0 Å². The maximum Gasteiger partial charge on any atom is 0.179 e. The van der Waals surface area contributed by atoms with Crippen LogP contribution in [0.15, 0.2) is 47.5 Å². The number of rotatable bonds is 5. The molecule has 112 valence electrons. The van der Waals surface area contributed by atoms with Crippen LogP contribution in [-0.4, -0.2) is 33.2 Å². The third kappa shape index (κ3) is 4.19. The van der Waals surface area contributed by atoms with Gasteiger partial charge >= 0.3 is 0 Å². The van der Waals surface area contributed by atoms with Gasteiger partial charge in [-0.2, -0.15) is 0 Å². The standard InChI is InChI=1S/C15H17ClN2O2S/c1-18(11-9-12-5-7-13(16)8-6-12)15-14(21(2,19)20)4-3-10-17-15/h3-8,10H,9,11H2,1-2H3. The number of nitrogens with zero attached hydrogens (tertiary/aromatic N) is 2. The summed E-state index contributed by atoms with van der Waals surface area (Å²) in [6.07, 6.45) is 3.58. The van der Waals surface area contributed by atoms with Gasteiger partial charge in [0.05, 0.1) is 0 Å². The quantitative estimate of drug-likeness (QED) is 0.848. The Hall–Kier alpha value is -1.59. The Labute approximate surface area is 130 Å². The highest BCUT2D eigenvalue weighted by atomic mass is 35.5. The molecule has 2 aromatic rings. The smallest absolute Gasteiger partial charge is 0.179 e. The van der Waals surface area contributed by atoms with Gasteiger partial charge in [0.2, 0.25) is 0 Å². The Kier molecular flexibility index (Phi) is 4.85. The molecule has 1 heterocycles. The Bertz CT molecular complexity index is 715. The number of pyridine rings is 1. The number of halogens is 1. The van der Waals surface area contributed by atoms with E-state index < -0.39 is 9.84 Å². The highest BCUT2D eigenvalue weighted by molar-refractivity contribution is 7.90. The van der Waals surface area contributed by atoms with E-state index in [1.807, 2.05) is 36.2 Å². The normalized spacial score (nSPS) is 11.4. The molecule has 0 aliphatic carbocycles. The molecule has 0 N–H and O–H groups in total. The number of benzene rings is 1. The second kappa shape index (κ2) is 6.45. The van der Waals surface area contributed by atoms with Crippen molar-refractivity contribution in [3.63, 3.8) is 0 Å². The zero-order valence-electron chi connectivity index (χ0n) is 12.0. The first-order valence-corrected chi connectivity index (χ1v) is 8.75. The molecule has 0 bridgehead atoms. The average molecular weight is 325 g/mol. The van der Waals surface area contributed by atoms with E-state index in [0.717, 1.165) is 12.0 Å². The van der Waals surface area contributed by atoms with E-state index in [2.05, 4.69) is 4.98 Å². The monoisotopic (exact) mass is 324 g/mol. The topological polar surface area (TPSA) is 50.3 Å². The lowest BCUT2D eigenvalue weighted by atomic mass is 10.1. The van der Waals surface area contributed by atoms with E-state index in [9.17, 15) is 8.42 Å². The van der Waals surface area contributed by atoms with Gasteiger partial charge in [-0.1, -0.05) is 23.7 Å². The minimum Gasteiger partial charge on any atom is -0.358 e. The first-order chi connectivity index (χ1) is 9.88. The first kappa shape index (κ1) is 15.8. The molecular weight excluding hydrogens is 308 g/mol. The molecule has 0 spiro atoms. The predicted octanol–water partition coefficient (Wildman–Crippen LogP) is 2.82. The summed E-state index contributed by atoms with van der Waals surface area (Å²) < 4.78 is 23.6. The van der Waals surface area contributed by atoms with Crippen molar-refractivity contribution in [2.24, 2.45) is 0 Å².